The standard InChI is InChI=1S/C50H54F3N7O9S/c1-5-68-43-25-32(11-14-41(43)67-3)40(28-70(4,65)66)60-47(62)34-7-6-8-38(45(34)48(60)63)58-22-16-31(17-23-58)36-18-21-57(29-50(36,52)53)20-15-30-9-12-33(13-10-30)69-42-27-39-35(26-37(42)51)46(55-56(39)2)59-24-19-44(61)54-49(59)64/h6-14,25-27,31,36,40H,5,15-24,28-29H2,1-4H3,(H,54,61,64)/t36-,40+/m0/s1. The summed E-state index contributed by atoms with van der Waals surface area (Å²) < 4.78 is 91.6. The summed E-state index contributed by atoms with van der Waals surface area (Å²) in [4.78, 5) is 58.6. The van der Waals surface area contributed by atoms with Crippen LogP contribution in [0.3, 0.4) is 0 Å². The van der Waals surface area contributed by atoms with Gasteiger partial charge < -0.3 is 19.1 Å². The topological polar surface area (TPSA) is 173 Å². The summed E-state index contributed by atoms with van der Waals surface area (Å²) in [6.07, 6.45) is 2.91. The fourth-order valence-electron chi connectivity index (χ4n) is 10.4. The third-order valence-electron chi connectivity index (χ3n) is 13.8. The van der Waals surface area contributed by atoms with Crippen LogP contribution in [0, 0.1) is 17.7 Å². The summed E-state index contributed by atoms with van der Waals surface area (Å²) in [6.45, 7) is 3.55. The SMILES string of the molecule is CCOc1cc([C@@H](CS(C)(=O)=O)N2C(=O)c3cccc(N4CCC([C@@H]5CCN(CCc6ccc(Oc7cc8c(cc7F)c(N7CCC(=O)NC7=O)nn8C)cc6)CC5(F)F)CC4)c3C2=O)ccc1OC. The number of methoxy groups -OCH3 is 1. The van der Waals surface area contributed by atoms with E-state index in [2.05, 4.69) is 10.4 Å². The number of halogens is 3. The highest BCUT2D eigenvalue weighted by Gasteiger charge is 2.49. The number of likely N-dealkylation sites (tertiary alicyclic amines) is 1. The Morgan fingerprint density at radius 1 is 0.900 bits per heavy atom. The minimum Gasteiger partial charge on any atom is -0.493 e. The predicted octanol–water partition coefficient (Wildman–Crippen LogP) is 7.16. The molecular weight excluding hydrogens is 932 g/mol. The molecule has 16 nitrogen and oxygen atoms in total. The predicted molar refractivity (Wildman–Crippen MR) is 254 cm³/mol. The second-order valence-corrected chi connectivity index (χ2v) is 20.6. The van der Waals surface area contributed by atoms with Crippen molar-refractivity contribution in [2.24, 2.45) is 18.9 Å². The number of benzene rings is 4. The molecule has 0 bridgehead atoms. The number of rotatable bonds is 15. The van der Waals surface area contributed by atoms with Crippen molar-refractivity contribution in [1.82, 2.24) is 24.9 Å². The van der Waals surface area contributed by atoms with Gasteiger partial charge in [-0.15, -0.1) is 0 Å². The lowest BCUT2D eigenvalue weighted by molar-refractivity contribution is -0.131. The Morgan fingerprint density at radius 2 is 1.66 bits per heavy atom. The Morgan fingerprint density at radius 3 is 2.34 bits per heavy atom. The molecule has 4 aliphatic heterocycles. The molecule has 5 amide bonds. The molecule has 370 valence electrons. The summed E-state index contributed by atoms with van der Waals surface area (Å²) in [5.74, 6) is -5.52. The van der Waals surface area contributed by atoms with E-state index in [1.165, 1.54) is 28.8 Å². The smallest absolute Gasteiger partial charge is 0.329 e. The molecule has 4 aromatic carbocycles. The molecule has 9 rings (SSSR count). The highest BCUT2D eigenvalue weighted by Crippen LogP contribution is 2.45. The van der Waals surface area contributed by atoms with Crippen LogP contribution in [0.2, 0.25) is 0 Å². The Kier molecular flexibility index (Phi) is 13.3. The third-order valence-corrected chi connectivity index (χ3v) is 14.7. The summed E-state index contributed by atoms with van der Waals surface area (Å²) in [5.41, 5.74) is 2.64. The van der Waals surface area contributed by atoms with Crippen molar-refractivity contribution in [2.75, 3.05) is 74.8 Å². The van der Waals surface area contributed by atoms with Gasteiger partial charge in [0.15, 0.2) is 28.9 Å². The summed E-state index contributed by atoms with van der Waals surface area (Å²) in [6, 6.07) is 17.8. The number of nitrogens with zero attached hydrogens (tertiary/aromatic N) is 6. The van der Waals surface area contributed by atoms with Gasteiger partial charge in [0.05, 0.1) is 54.4 Å². The molecule has 3 fully saturated rings. The van der Waals surface area contributed by atoms with Crippen LogP contribution >= 0.6 is 0 Å². The highest BCUT2D eigenvalue weighted by atomic mass is 32.2. The van der Waals surface area contributed by atoms with Crippen molar-refractivity contribution < 1.29 is 55.0 Å². The molecule has 2 atom stereocenters. The lowest BCUT2D eigenvalue weighted by Gasteiger charge is -2.45. The van der Waals surface area contributed by atoms with Gasteiger partial charge in [0, 0.05) is 63.3 Å². The van der Waals surface area contributed by atoms with Crippen LogP contribution in [0.25, 0.3) is 10.9 Å². The van der Waals surface area contributed by atoms with Crippen LogP contribution in [-0.2, 0) is 28.1 Å². The van der Waals surface area contributed by atoms with E-state index < -0.39 is 63.0 Å². The van der Waals surface area contributed by atoms with Crippen LogP contribution in [0.4, 0.5) is 29.5 Å². The van der Waals surface area contributed by atoms with Gasteiger partial charge >= 0.3 is 6.03 Å². The van der Waals surface area contributed by atoms with E-state index >= 15 is 13.2 Å². The Labute approximate surface area is 403 Å². The van der Waals surface area contributed by atoms with Gasteiger partial charge in [-0.2, -0.15) is 5.10 Å². The van der Waals surface area contributed by atoms with E-state index in [1.54, 1.807) is 67.4 Å². The fraction of sp³-hybridized carbons (Fsp3) is 0.420. The lowest BCUT2D eigenvalue weighted by atomic mass is 9.76. The molecular formula is C50H54F3N7O9S. The van der Waals surface area contributed by atoms with Crippen LogP contribution in [0.15, 0.2) is 72.8 Å². The molecule has 0 radical (unpaired) electrons. The molecule has 70 heavy (non-hydrogen) atoms. The highest BCUT2D eigenvalue weighted by molar-refractivity contribution is 7.90. The van der Waals surface area contributed by atoms with E-state index in [-0.39, 0.29) is 48.1 Å². The number of aromatic nitrogens is 2. The van der Waals surface area contributed by atoms with Gasteiger partial charge in [-0.3, -0.25) is 39.1 Å². The van der Waals surface area contributed by atoms with Crippen LogP contribution in [0.5, 0.6) is 23.0 Å². The summed E-state index contributed by atoms with van der Waals surface area (Å²) >= 11 is 0. The number of hydrogen-bond donors (Lipinski definition) is 1. The molecule has 1 N–H and O–H groups in total. The van der Waals surface area contributed by atoms with Crippen LogP contribution in [-0.4, -0.2) is 123 Å². The van der Waals surface area contributed by atoms with Gasteiger partial charge in [-0.1, -0.05) is 24.3 Å². The van der Waals surface area contributed by atoms with Crippen LogP contribution < -0.4 is 29.3 Å². The first kappa shape index (κ1) is 48.4. The van der Waals surface area contributed by atoms with Crippen molar-refractivity contribution in [1.29, 1.82) is 0 Å². The van der Waals surface area contributed by atoms with Crippen LogP contribution in [0.1, 0.15) is 70.5 Å². The molecule has 5 heterocycles. The number of aryl methyl sites for hydroxylation is 1. The number of nitrogens with one attached hydrogen (secondary N) is 1. The summed E-state index contributed by atoms with van der Waals surface area (Å²) in [7, 11) is -0.572. The van der Waals surface area contributed by atoms with Crippen molar-refractivity contribution in [3.63, 3.8) is 0 Å². The normalized spacial score (nSPS) is 19.4. The maximum atomic E-state index is 16.1. The number of sulfone groups is 1. The number of carbonyl (C=O) groups is 4. The zero-order valence-corrected chi connectivity index (χ0v) is 40.1. The van der Waals surface area contributed by atoms with Crippen molar-refractivity contribution in [3.05, 3.63) is 101 Å². The molecule has 0 spiro atoms. The minimum absolute atomic E-state index is 0.0500. The Hall–Kier alpha value is -6.67. The van der Waals surface area contributed by atoms with Gasteiger partial charge in [0.25, 0.3) is 17.7 Å². The quantitative estimate of drug-likeness (QED) is 0.105. The Balaban J connectivity index is 0.800. The van der Waals surface area contributed by atoms with Crippen molar-refractivity contribution in [2.45, 2.75) is 51.0 Å². The van der Waals surface area contributed by atoms with Crippen molar-refractivity contribution in [3.8, 4) is 23.0 Å². The first-order chi connectivity index (χ1) is 33.4. The molecule has 3 saturated heterocycles. The average molecular weight is 986 g/mol. The number of piperidine rings is 2. The number of alkyl halides is 2. The average Bonchev–Trinajstić information content (AvgIpc) is 3.77. The molecule has 0 aliphatic carbocycles. The fourth-order valence-corrected chi connectivity index (χ4v) is 11.3. The van der Waals surface area contributed by atoms with E-state index in [1.807, 2.05) is 17.0 Å². The number of amides is 5. The first-order valence-electron chi connectivity index (χ1n) is 23.3. The molecule has 5 aromatic rings. The van der Waals surface area contributed by atoms with E-state index in [0.29, 0.717) is 97.9 Å². The van der Waals surface area contributed by atoms with Gasteiger partial charge in [0.2, 0.25) is 5.91 Å². The Bertz CT molecular complexity index is 2980. The number of anilines is 2. The van der Waals surface area contributed by atoms with Gasteiger partial charge in [0.1, 0.15) is 15.6 Å². The van der Waals surface area contributed by atoms with Gasteiger partial charge in [-0.25, -0.2) is 26.4 Å². The zero-order chi connectivity index (χ0) is 49.6. The first-order valence-corrected chi connectivity index (χ1v) is 25.4. The number of urea groups is 1. The largest absolute Gasteiger partial charge is 0.493 e. The lowest BCUT2D eigenvalue weighted by Crippen LogP contribution is -2.52. The maximum Gasteiger partial charge on any atom is 0.329 e. The molecule has 20 heteroatoms. The maximum absolute atomic E-state index is 16.1. The number of hydrogen-bond acceptors (Lipinski definition) is 12. The molecule has 0 unspecified atom stereocenters. The van der Waals surface area contributed by atoms with E-state index in [0.717, 1.165) is 16.7 Å². The second-order valence-electron chi connectivity index (χ2n) is 18.4. The van der Waals surface area contributed by atoms with E-state index in [9.17, 15) is 27.6 Å². The number of carbonyl (C=O) groups excluding carboxylic acids is 4. The molecule has 1 aromatic heterocycles. The number of imide groups is 2. The van der Waals surface area contributed by atoms with Crippen molar-refractivity contribution >= 4 is 56.0 Å². The second kappa shape index (κ2) is 19.3. The number of fused-ring (bicyclic) bond motifs is 2. The minimum atomic E-state index is -3.70. The molecule has 0 saturated carbocycles. The monoisotopic (exact) mass is 985 g/mol. The third kappa shape index (κ3) is 9.62. The molecule has 4 aliphatic rings. The zero-order valence-electron chi connectivity index (χ0n) is 39.3. The van der Waals surface area contributed by atoms with Gasteiger partial charge in [-0.05, 0) is 98.7 Å². The summed E-state index contributed by atoms with van der Waals surface area (Å²) in [5, 5.41) is 7.03. The number of ether oxygens (including phenoxy) is 3. The van der Waals surface area contributed by atoms with E-state index in [4.69, 9.17) is 14.2 Å².